The highest BCUT2D eigenvalue weighted by Gasteiger charge is 2.38. The van der Waals surface area contributed by atoms with Crippen molar-refractivity contribution in [1.82, 2.24) is 10.2 Å². The Kier molecular flexibility index (Phi) is 5.59. The molecule has 1 heterocycles. The first kappa shape index (κ1) is 18.0. The third-order valence-electron chi connectivity index (χ3n) is 3.95. The molecule has 4 amide bonds. The van der Waals surface area contributed by atoms with E-state index in [4.69, 9.17) is 0 Å². The largest absolute Gasteiger partial charge is 0.326 e. The number of rotatable bonds is 6. The Labute approximate surface area is 142 Å². The van der Waals surface area contributed by atoms with Crippen LogP contribution in [-0.2, 0) is 9.59 Å². The highest BCUT2D eigenvalue weighted by molar-refractivity contribution is 6.07. The number of hydrogen-bond donors (Lipinski definition) is 2. The normalized spacial score (nSPS) is 17.6. The first-order valence-corrected chi connectivity index (χ1v) is 8.29. The SMILES string of the molecule is CC(C)CC1NC(=O)N(CC(=O)Nc2cccc(C(C)C)c2)C1=O. The molecule has 2 N–H and O–H groups in total. The second-order valence-corrected chi connectivity index (χ2v) is 6.88. The van der Waals surface area contributed by atoms with Crippen LogP contribution in [0.15, 0.2) is 24.3 Å². The van der Waals surface area contributed by atoms with Crippen LogP contribution >= 0.6 is 0 Å². The molecule has 24 heavy (non-hydrogen) atoms. The fourth-order valence-corrected chi connectivity index (χ4v) is 2.68. The Bertz CT molecular complexity index is 640. The number of carbonyl (C=O) groups excluding carboxylic acids is 3. The lowest BCUT2D eigenvalue weighted by Crippen LogP contribution is -2.38. The van der Waals surface area contributed by atoms with Crippen molar-refractivity contribution in [2.75, 3.05) is 11.9 Å². The van der Waals surface area contributed by atoms with Crippen LogP contribution in [0.3, 0.4) is 0 Å². The summed E-state index contributed by atoms with van der Waals surface area (Å²) < 4.78 is 0. The summed E-state index contributed by atoms with van der Waals surface area (Å²) in [5.74, 6) is -0.0826. The fraction of sp³-hybridized carbons (Fsp3) is 0.500. The molecule has 1 aromatic carbocycles. The summed E-state index contributed by atoms with van der Waals surface area (Å²) in [7, 11) is 0. The van der Waals surface area contributed by atoms with E-state index in [1.54, 1.807) is 6.07 Å². The van der Waals surface area contributed by atoms with Gasteiger partial charge in [-0.15, -0.1) is 0 Å². The first-order valence-electron chi connectivity index (χ1n) is 8.29. The molecule has 0 bridgehead atoms. The predicted octanol–water partition coefficient (Wildman–Crippen LogP) is 2.72. The number of nitrogens with one attached hydrogen (secondary N) is 2. The van der Waals surface area contributed by atoms with Crippen LogP contribution in [0.4, 0.5) is 10.5 Å². The van der Waals surface area contributed by atoms with Gasteiger partial charge in [-0.3, -0.25) is 14.5 Å². The summed E-state index contributed by atoms with van der Waals surface area (Å²) in [6.07, 6.45) is 0.569. The lowest BCUT2D eigenvalue weighted by atomic mass is 10.0. The zero-order chi connectivity index (χ0) is 17.9. The van der Waals surface area contributed by atoms with Gasteiger partial charge in [-0.2, -0.15) is 0 Å². The van der Waals surface area contributed by atoms with Crippen LogP contribution in [0.2, 0.25) is 0 Å². The molecule has 6 heteroatoms. The van der Waals surface area contributed by atoms with Crippen molar-refractivity contribution in [2.45, 2.75) is 46.1 Å². The lowest BCUT2D eigenvalue weighted by molar-refractivity contribution is -0.131. The number of urea groups is 1. The minimum absolute atomic E-state index is 0.273. The Morgan fingerprint density at radius 1 is 1.25 bits per heavy atom. The Hall–Kier alpha value is -2.37. The summed E-state index contributed by atoms with van der Waals surface area (Å²) in [6.45, 7) is 7.84. The minimum atomic E-state index is -0.533. The zero-order valence-electron chi connectivity index (χ0n) is 14.6. The smallest absolute Gasteiger partial charge is 0.325 e. The molecule has 1 fully saturated rings. The average Bonchev–Trinajstić information content (AvgIpc) is 2.74. The predicted molar refractivity (Wildman–Crippen MR) is 92.6 cm³/mol. The van der Waals surface area contributed by atoms with Crippen molar-refractivity contribution < 1.29 is 14.4 Å². The average molecular weight is 331 g/mol. The second-order valence-electron chi connectivity index (χ2n) is 6.88. The molecule has 1 unspecified atom stereocenters. The van der Waals surface area contributed by atoms with E-state index in [-0.39, 0.29) is 24.3 Å². The van der Waals surface area contributed by atoms with E-state index in [0.29, 0.717) is 18.0 Å². The molecule has 2 rings (SSSR count). The highest BCUT2D eigenvalue weighted by Crippen LogP contribution is 2.19. The van der Waals surface area contributed by atoms with Gasteiger partial charge < -0.3 is 10.6 Å². The Morgan fingerprint density at radius 2 is 1.96 bits per heavy atom. The zero-order valence-corrected chi connectivity index (χ0v) is 14.6. The van der Waals surface area contributed by atoms with Crippen LogP contribution < -0.4 is 10.6 Å². The van der Waals surface area contributed by atoms with E-state index >= 15 is 0 Å². The number of anilines is 1. The molecular weight excluding hydrogens is 306 g/mol. The van der Waals surface area contributed by atoms with E-state index in [0.717, 1.165) is 10.5 Å². The maximum absolute atomic E-state index is 12.2. The third-order valence-corrected chi connectivity index (χ3v) is 3.95. The fourth-order valence-electron chi connectivity index (χ4n) is 2.68. The van der Waals surface area contributed by atoms with Gasteiger partial charge in [0.15, 0.2) is 0 Å². The van der Waals surface area contributed by atoms with Crippen molar-refractivity contribution in [1.29, 1.82) is 0 Å². The first-order chi connectivity index (χ1) is 11.3. The third kappa shape index (κ3) is 4.34. The molecule has 0 aromatic heterocycles. The summed E-state index contributed by atoms with van der Waals surface area (Å²) in [5.41, 5.74) is 1.77. The van der Waals surface area contributed by atoms with E-state index < -0.39 is 12.1 Å². The van der Waals surface area contributed by atoms with Crippen LogP contribution in [0.1, 0.15) is 45.6 Å². The van der Waals surface area contributed by atoms with Gasteiger partial charge >= 0.3 is 6.03 Å². The van der Waals surface area contributed by atoms with Crippen molar-refractivity contribution >= 4 is 23.5 Å². The monoisotopic (exact) mass is 331 g/mol. The summed E-state index contributed by atoms with van der Waals surface area (Å²) in [4.78, 5) is 37.3. The molecule has 0 aliphatic carbocycles. The molecule has 130 valence electrons. The molecular formula is C18H25N3O3. The van der Waals surface area contributed by atoms with E-state index in [2.05, 4.69) is 24.5 Å². The number of carbonyl (C=O) groups is 3. The molecule has 0 radical (unpaired) electrons. The number of amides is 4. The van der Waals surface area contributed by atoms with Crippen LogP contribution in [0.25, 0.3) is 0 Å². The van der Waals surface area contributed by atoms with Gasteiger partial charge in [0.05, 0.1) is 0 Å². The van der Waals surface area contributed by atoms with Crippen molar-refractivity contribution in [2.24, 2.45) is 5.92 Å². The van der Waals surface area contributed by atoms with Gasteiger partial charge in [0, 0.05) is 5.69 Å². The number of imide groups is 1. The van der Waals surface area contributed by atoms with Gasteiger partial charge in [-0.05, 0) is 36.0 Å². The summed E-state index contributed by atoms with van der Waals surface area (Å²) in [5, 5.41) is 5.38. The van der Waals surface area contributed by atoms with E-state index in [9.17, 15) is 14.4 Å². The van der Waals surface area contributed by atoms with Gasteiger partial charge in [0.25, 0.3) is 5.91 Å². The van der Waals surface area contributed by atoms with Crippen LogP contribution in [0, 0.1) is 5.92 Å². The van der Waals surface area contributed by atoms with E-state index in [1.807, 2.05) is 32.0 Å². The standard InChI is InChI=1S/C18H25N3O3/c1-11(2)8-15-17(23)21(18(24)20-15)10-16(22)19-14-7-5-6-13(9-14)12(3)4/h5-7,9,11-12,15H,8,10H2,1-4H3,(H,19,22)(H,20,24). The minimum Gasteiger partial charge on any atom is -0.326 e. The maximum Gasteiger partial charge on any atom is 0.325 e. The Morgan fingerprint density at radius 3 is 2.58 bits per heavy atom. The lowest BCUT2D eigenvalue weighted by Gasteiger charge is -2.14. The van der Waals surface area contributed by atoms with E-state index in [1.165, 1.54) is 0 Å². The summed E-state index contributed by atoms with van der Waals surface area (Å²) in [6, 6.07) is 6.52. The van der Waals surface area contributed by atoms with Gasteiger partial charge in [0.2, 0.25) is 5.91 Å². The van der Waals surface area contributed by atoms with Gasteiger partial charge in [0.1, 0.15) is 12.6 Å². The molecule has 1 aliphatic heterocycles. The molecule has 0 spiro atoms. The van der Waals surface area contributed by atoms with Crippen LogP contribution in [0.5, 0.6) is 0 Å². The molecule has 1 saturated heterocycles. The molecule has 6 nitrogen and oxygen atoms in total. The number of hydrogen-bond acceptors (Lipinski definition) is 3. The molecule has 1 atom stereocenters. The molecule has 0 saturated carbocycles. The maximum atomic E-state index is 12.2. The molecule has 1 aliphatic rings. The van der Waals surface area contributed by atoms with Gasteiger partial charge in [-0.1, -0.05) is 39.8 Å². The van der Waals surface area contributed by atoms with Crippen LogP contribution in [-0.4, -0.2) is 35.3 Å². The van der Waals surface area contributed by atoms with Crippen molar-refractivity contribution in [3.63, 3.8) is 0 Å². The quantitative estimate of drug-likeness (QED) is 0.787. The number of benzene rings is 1. The topological polar surface area (TPSA) is 78.5 Å². The van der Waals surface area contributed by atoms with Crippen molar-refractivity contribution in [3.8, 4) is 0 Å². The molecule has 1 aromatic rings. The second kappa shape index (κ2) is 7.47. The number of nitrogens with zero attached hydrogens (tertiary/aromatic N) is 1. The summed E-state index contributed by atoms with van der Waals surface area (Å²) >= 11 is 0. The highest BCUT2D eigenvalue weighted by atomic mass is 16.2. The van der Waals surface area contributed by atoms with Crippen molar-refractivity contribution in [3.05, 3.63) is 29.8 Å². The Balaban J connectivity index is 1.98. The van der Waals surface area contributed by atoms with Gasteiger partial charge in [-0.25, -0.2) is 4.79 Å².